The average molecular weight is 194 g/mol. The minimum absolute atomic E-state index is 0.359. The van der Waals surface area contributed by atoms with E-state index in [1.165, 1.54) is 32.1 Å². The monoisotopic (exact) mass is 193 g/mol. The van der Waals surface area contributed by atoms with Gasteiger partial charge in [0.2, 0.25) is 0 Å². The first-order valence-corrected chi connectivity index (χ1v) is 5.02. The third-order valence-electron chi connectivity index (χ3n) is 2.01. The first-order valence-electron chi connectivity index (χ1n) is 4.11. The predicted molar refractivity (Wildman–Crippen MR) is 50.9 cm³/mol. The quantitative estimate of drug-likeness (QED) is 0.472. The van der Waals surface area contributed by atoms with Crippen LogP contribution in [0.25, 0.3) is 0 Å². The van der Waals surface area contributed by atoms with Crippen LogP contribution < -0.4 is 0 Å². The smallest absolute Gasteiger partial charge is 0.115 e. The van der Waals surface area contributed by atoms with E-state index in [0.717, 1.165) is 0 Å². The molecule has 0 aliphatic heterocycles. The third-order valence-corrected chi connectivity index (χ3v) is 2.63. The molecule has 0 aromatic rings. The van der Waals surface area contributed by atoms with Gasteiger partial charge in [0, 0.05) is 0 Å². The average Bonchev–Trinajstić information content (AvgIpc) is 2.06. The Morgan fingerprint density at radius 1 is 1.27 bits per heavy atom. The number of hydrogen-bond acceptors (Lipinski definition) is 1. The molecule has 0 saturated heterocycles. The van der Waals surface area contributed by atoms with Gasteiger partial charge >= 0.3 is 0 Å². The molecule has 3 heteroatoms. The molecule has 0 heterocycles. The summed E-state index contributed by atoms with van der Waals surface area (Å²) in [6.07, 6.45) is 6.31. The van der Waals surface area contributed by atoms with Crippen LogP contribution in [0.5, 0.6) is 0 Å². The summed E-state index contributed by atoms with van der Waals surface area (Å²) < 4.78 is 0. The minimum atomic E-state index is 0.359. The fourth-order valence-electron chi connectivity index (χ4n) is 1.44. The minimum Gasteiger partial charge on any atom is -0.273 e. The van der Waals surface area contributed by atoms with Crippen molar-refractivity contribution in [2.24, 2.45) is 4.99 Å². The van der Waals surface area contributed by atoms with Gasteiger partial charge in [-0.1, -0.05) is 30.9 Å². The SMILES string of the molecule is ClCC(Cl)=NC1CCCCC1. The van der Waals surface area contributed by atoms with E-state index in [1.54, 1.807) is 0 Å². The molecule has 0 spiro atoms. The third kappa shape index (κ3) is 3.44. The molecule has 64 valence electrons. The molecule has 1 rings (SSSR count). The highest BCUT2D eigenvalue weighted by Crippen LogP contribution is 2.20. The number of hydrogen-bond donors (Lipinski definition) is 0. The molecule has 1 aliphatic carbocycles. The molecule has 11 heavy (non-hydrogen) atoms. The van der Waals surface area contributed by atoms with Crippen LogP contribution in [0, 0.1) is 0 Å². The molecule has 0 N–H and O–H groups in total. The van der Waals surface area contributed by atoms with Gasteiger partial charge in [-0.15, -0.1) is 11.6 Å². The maximum absolute atomic E-state index is 5.72. The highest BCUT2D eigenvalue weighted by Gasteiger charge is 2.11. The summed E-state index contributed by atoms with van der Waals surface area (Å²) in [7, 11) is 0. The van der Waals surface area contributed by atoms with E-state index >= 15 is 0 Å². The summed E-state index contributed by atoms with van der Waals surface area (Å²) in [5.74, 6) is 0.359. The van der Waals surface area contributed by atoms with Gasteiger partial charge < -0.3 is 0 Å². The molecule has 1 aliphatic rings. The van der Waals surface area contributed by atoms with E-state index in [9.17, 15) is 0 Å². The standard InChI is InChI=1S/C8H13Cl2N/c9-6-8(10)11-7-4-2-1-3-5-7/h7H,1-6H2. The molecule has 0 aromatic carbocycles. The summed E-state index contributed by atoms with van der Waals surface area (Å²) in [6, 6.07) is 0.454. The summed E-state index contributed by atoms with van der Waals surface area (Å²) in [4.78, 5) is 4.30. The van der Waals surface area contributed by atoms with Crippen LogP contribution in [0.4, 0.5) is 0 Å². The van der Waals surface area contributed by atoms with Crippen LogP contribution >= 0.6 is 23.2 Å². The Morgan fingerprint density at radius 2 is 1.91 bits per heavy atom. The van der Waals surface area contributed by atoms with Gasteiger partial charge in [0.05, 0.1) is 11.9 Å². The van der Waals surface area contributed by atoms with Crippen molar-refractivity contribution in [3.63, 3.8) is 0 Å². The lowest BCUT2D eigenvalue weighted by Gasteiger charge is -2.17. The Labute approximate surface area is 77.8 Å². The number of aliphatic imine (C=N–C) groups is 1. The van der Waals surface area contributed by atoms with Crippen molar-refractivity contribution < 1.29 is 0 Å². The van der Waals surface area contributed by atoms with E-state index in [1.807, 2.05) is 0 Å². The van der Waals surface area contributed by atoms with Crippen molar-refractivity contribution in [3.05, 3.63) is 0 Å². The van der Waals surface area contributed by atoms with Crippen LogP contribution in [0.2, 0.25) is 0 Å². The van der Waals surface area contributed by atoms with Crippen LogP contribution in [0.15, 0.2) is 4.99 Å². The van der Waals surface area contributed by atoms with Gasteiger partial charge in [0.1, 0.15) is 5.17 Å². The van der Waals surface area contributed by atoms with Gasteiger partial charge in [-0.3, -0.25) is 4.99 Å². The van der Waals surface area contributed by atoms with Crippen LogP contribution in [-0.2, 0) is 0 Å². The second-order valence-corrected chi connectivity index (χ2v) is 3.63. The van der Waals surface area contributed by atoms with Crippen molar-refractivity contribution in [2.45, 2.75) is 38.1 Å². The van der Waals surface area contributed by atoms with E-state index in [-0.39, 0.29) is 0 Å². The Morgan fingerprint density at radius 3 is 2.45 bits per heavy atom. The zero-order valence-electron chi connectivity index (χ0n) is 6.52. The lowest BCUT2D eigenvalue weighted by molar-refractivity contribution is 0.444. The zero-order valence-corrected chi connectivity index (χ0v) is 8.03. The molecular weight excluding hydrogens is 181 g/mol. The fourth-order valence-corrected chi connectivity index (χ4v) is 1.65. The molecule has 0 aromatic heterocycles. The van der Waals surface area contributed by atoms with E-state index in [4.69, 9.17) is 23.2 Å². The molecule has 0 unspecified atom stereocenters. The normalized spacial score (nSPS) is 22.2. The zero-order chi connectivity index (χ0) is 8.10. The van der Waals surface area contributed by atoms with Crippen LogP contribution in [-0.4, -0.2) is 17.1 Å². The maximum atomic E-state index is 5.72. The largest absolute Gasteiger partial charge is 0.273 e. The highest BCUT2D eigenvalue weighted by molar-refractivity contribution is 6.69. The number of rotatable bonds is 2. The Hall–Kier alpha value is 0.250. The Bertz CT molecular complexity index is 139. The fraction of sp³-hybridized carbons (Fsp3) is 0.875. The lowest BCUT2D eigenvalue weighted by Crippen LogP contribution is -2.11. The van der Waals surface area contributed by atoms with Gasteiger partial charge in [0.15, 0.2) is 0 Å². The summed E-state index contributed by atoms with van der Waals surface area (Å²) >= 11 is 11.2. The number of halogens is 2. The lowest BCUT2D eigenvalue weighted by atomic mass is 9.96. The van der Waals surface area contributed by atoms with Crippen LogP contribution in [0.1, 0.15) is 32.1 Å². The summed E-state index contributed by atoms with van der Waals surface area (Å²) in [6.45, 7) is 0. The summed E-state index contributed by atoms with van der Waals surface area (Å²) in [5, 5.41) is 0.568. The van der Waals surface area contributed by atoms with Crippen LogP contribution in [0.3, 0.4) is 0 Å². The first-order chi connectivity index (χ1) is 5.33. The molecule has 0 atom stereocenters. The Kier molecular flexibility index (Phi) is 4.24. The molecule has 1 saturated carbocycles. The van der Waals surface area contributed by atoms with Gasteiger partial charge in [0.25, 0.3) is 0 Å². The number of alkyl halides is 1. The molecular formula is C8H13Cl2N. The van der Waals surface area contributed by atoms with Gasteiger partial charge in [-0.2, -0.15) is 0 Å². The molecule has 1 fully saturated rings. The topological polar surface area (TPSA) is 12.4 Å². The summed E-state index contributed by atoms with van der Waals surface area (Å²) in [5.41, 5.74) is 0. The van der Waals surface area contributed by atoms with E-state index < -0.39 is 0 Å². The molecule has 0 amide bonds. The van der Waals surface area contributed by atoms with Gasteiger partial charge in [-0.05, 0) is 12.8 Å². The van der Waals surface area contributed by atoms with E-state index in [0.29, 0.717) is 17.1 Å². The highest BCUT2D eigenvalue weighted by atomic mass is 35.5. The maximum Gasteiger partial charge on any atom is 0.115 e. The van der Waals surface area contributed by atoms with Crippen molar-refractivity contribution in [1.82, 2.24) is 0 Å². The molecule has 1 nitrogen and oxygen atoms in total. The second kappa shape index (κ2) is 5.00. The van der Waals surface area contributed by atoms with Crippen molar-refractivity contribution in [3.8, 4) is 0 Å². The first kappa shape index (κ1) is 9.34. The second-order valence-electron chi connectivity index (χ2n) is 2.93. The van der Waals surface area contributed by atoms with E-state index in [2.05, 4.69) is 4.99 Å². The Balaban J connectivity index is 2.34. The van der Waals surface area contributed by atoms with Crippen molar-refractivity contribution in [1.29, 1.82) is 0 Å². The molecule has 0 radical (unpaired) electrons. The predicted octanol–water partition coefficient (Wildman–Crippen LogP) is 3.20. The molecule has 0 bridgehead atoms. The van der Waals surface area contributed by atoms with Crippen molar-refractivity contribution in [2.75, 3.05) is 5.88 Å². The number of nitrogens with zero attached hydrogens (tertiary/aromatic N) is 1. The van der Waals surface area contributed by atoms with Crippen molar-refractivity contribution >= 4 is 28.4 Å². The van der Waals surface area contributed by atoms with Gasteiger partial charge in [-0.25, -0.2) is 0 Å².